The van der Waals surface area contributed by atoms with Gasteiger partial charge in [0.05, 0.1) is 12.6 Å². The SMILES string of the molecule is CSCC[C@H](NC(=O)[C@H](CC(C)C)NC(=O)CNC(=O)C1Cc2ccccc2CN1C(=O)[C@H](Cc1ccccc1)NC(=O)[C@H](CCC(N)=O)NC(=O)[C@H](CCC(N)=O)NC(=O)[C@@H]1CCCN1C(=O)[C@H](CCCCN)NC(=O)[C@@H]1CCCN1C(=O)[C@@H](N)CCCN=C(N)N)C(N)=O. The van der Waals surface area contributed by atoms with Crippen LogP contribution in [0.5, 0.6) is 0 Å². The maximum Gasteiger partial charge on any atom is 0.246 e. The lowest BCUT2D eigenvalue weighted by atomic mass is 9.92. The van der Waals surface area contributed by atoms with E-state index in [1.807, 2.05) is 20.1 Å². The molecule has 0 aliphatic carbocycles. The van der Waals surface area contributed by atoms with E-state index in [0.29, 0.717) is 55.4 Å². The van der Waals surface area contributed by atoms with Crippen molar-refractivity contribution in [2.24, 2.45) is 51.0 Å². The Bertz CT molecular complexity index is 3080. The van der Waals surface area contributed by atoms with Gasteiger partial charge in [-0.25, -0.2) is 0 Å². The minimum atomic E-state index is -1.64. The fourth-order valence-corrected chi connectivity index (χ4v) is 12.3. The van der Waals surface area contributed by atoms with Gasteiger partial charge in [0.1, 0.15) is 54.4 Å². The van der Waals surface area contributed by atoms with E-state index in [1.165, 1.54) is 26.5 Å². The third-order valence-electron chi connectivity index (χ3n) is 16.9. The molecule has 13 amide bonds. The van der Waals surface area contributed by atoms with Gasteiger partial charge >= 0.3 is 0 Å². The van der Waals surface area contributed by atoms with E-state index < -0.39 is 169 Å². The number of fused-ring (bicyclic) bond motifs is 1. The highest BCUT2D eigenvalue weighted by Gasteiger charge is 2.43. The first kappa shape index (κ1) is 77.8. The molecule has 528 valence electrons. The summed E-state index contributed by atoms with van der Waals surface area (Å²) in [6.07, 6.45) is 3.31. The Labute approximate surface area is 563 Å². The number of nitrogens with one attached hydrogen (secondary N) is 7. The Kier molecular flexibility index (Phi) is 31.8. The average molecular weight is 1360 g/mol. The second-order valence-electron chi connectivity index (χ2n) is 24.8. The van der Waals surface area contributed by atoms with E-state index >= 15 is 4.79 Å². The summed E-state index contributed by atoms with van der Waals surface area (Å²) in [5, 5.41) is 18.7. The van der Waals surface area contributed by atoms with E-state index in [1.54, 1.807) is 54.6 Å². The largest absolute Gasteiger partial charge is 0.370 e. The van der Waals surface area contributed by atoms with E-state index in [2.05, 4.69) is 42.2 Å². The number of nitrogens with two attached hydrogens (primary N) is 7. The lowest BCUT2D eigenvalue weighted by Crippen LogP contribution is -2.61. The van der Waals surface area contributed by atoms with Crippen LogP contribution in [0.3, 0.4) is 0 Å². The molecule has 1 unspecified atom stereocenters. The third kappa shape index (κ3) is 24.4. The normalized spacial score (nSPS) is 18.0. The van der Waals surface area contributed by atoms with Crippen molar-refractivity contribution >= 4 is 94.5 Å². The molecule has 3 heterocycles. The zero-order chi connectivity index (χ0) is 70.6. The summed E-state index contributed by atoms with van der Waals surface area (Å²) in [4.78, 5) is 188. The van der Waals surface area contributed by atoms with Crippen LogP contribution in [-0.2, 0) is 81.7 Å². The number of rotatable bonds is 39. The van der Waals surface area contributed by atoms with Crippen molar-refractivity contribution in [3.05, 3.63) is 71.3 Å². The molecule has 0 bridgehead atoms. The fraction of sp³-hybridized carbons (Fsp3) is 0.594. The molecule has 2 saturated heterocycles. The van der Waals surface area contributed by atoms with E-state index in [-0.39, 0.29) is 89.5 Å². The van der Waals surface area contributed by atoms with Gasteiger partial charge in [-0.3, -0.25) is 67.3 Å². The van der Waals surface area contributed by atoms with Crippen molar-refractivity contribution in [3.63, 3.8) is 0 Å². The zero-order valence-electron chi connectivity index (χ0n) is 55.1. The maximum atomic E-state index is 15.3. The number of amides is 13. The Morgan fingerprint density at radius 1 is 0.562 bits per heavy atom. The highest BCUT2D eigenvalue weighted by Crippen LogP contribution is 2.27. The summed E-state index contributed by atoms with van der Waals surface area (Å²) in [6.45, 7) is 3.79. The summed E-state index contributed by atoms with van der Waals surface area (Å²) < 4.78 is 0. The molecule has 96 heavy (non-hydrogen) atoms. The van der Waals surface area contributed by atoms with Crippen molar-refractivity contribution < 1.29 is 62.3 Å². The van der Waals surface area contributed by atoms with Crippen molar-refractivity contribution in [1.29, 1.82) is 0 Å². The quantitative estimate of drug-likeness (QED) is 0.0176. The molecule has 5 rings (SSSR count). The summed E-state index contributed by atoms with van der Waals surface area (Å²) >= 11 is 1.46. The molecule has 10 atom stereocenters. The molecular weight excluding hydrogens is 1260 g/mol. The third-order valence-corrected chi connectivity index (χ3v) is 17.6. The Morgan fingerprint density at radius 2 is 1.10 bits per heavy atom. The number of carbonyl (C=O) groups is 13. The molecule has 0 spiro atoms. The van der Waals surface area contributed by atoms with Crippen LogP contribution < -0.4 is 77.4 Å². The number of unbranched alkanes of at least 4 members (excludes halogenated alkanes) is 1. The van der Waals surface area contributed by atoms with Crippen molar-refractivity contribution in [2.45, 2.75) is 190 Å². The van der Waals surface area contributed by atoms with Gasteiger partial charge in [-0.15, -0.1) is 0 Å². The number of hydrogen-bond acceptors (Lipinski definition) is 17. The van der Waals surface area contributed by atoms with Crippen LogP contribution >= 0.6 is 11.8 Å². The minimum Gasteiger partial charge on any atom is -0.370 e. The van der Waals surface area contributed by atoms with Crippen LogP contribution in [0.25, 0.3) is 0 Å². The average Bonchev–Trinajstić information content (AvgIpc) is 0.898. The van der Waals surface area contributed by atoms with E-state index in [4.69, 9.17) is 40.1 Å². The van der Waals surface area contributed by atoms with Crippen LogP contribution in [0.4, 0.5) is 0 Å². The molecule has 32 heteroatoms. The number of thioether (sulfide) groups is 1. The lowest BCUT2D eigenvalue weighted by Gasteiger charge is -2.38. The molecule has 0 saturated carbocycles. The Morgan fingerprint density at radius 3 is 1.68 bits per heavy atom. The first-order chi connectivity index (χ1) is 45.7. The number of primary amides is 3. The van der Waals surface area contributed by atoms with Gasteiger partial charge in [-0.05, 0) is 125 Å². The van der Waals surface area contributed by atoms with Gasteiger partial charge in [0.15, 0.2) is 5.96 Å². The van der Waals surface area contributed by atoms with Crippen molar-refractivity contribution in [3.8, 4) is 0 Å². The summed E-state index contributed by atoms with van der Waals surface area (Å²) in [7, 11) is 0. The molecule has 31 nitrogen and oxygen atoms in total. The number of guanidine groups is 1. The van der Waals surface area contributed by atoms with Crippen LogP contribution in [-0.4, -0.2) is 203 Å². The van der Waals surface area contributed by atoms with Crippen LogP contribution in [0.2, 0.25) is 0 Å². The van der Waals surface area contributed by atoms with Gasteiger partial charge in [0.25, 0.3) is 0 Å². The second-order valence-corrected chi connectivity index (χ2v) is 25.8. The molecule has 2 fully saturated rings. The van der Waals surface area contributed by atoms with Gasteiger partial charge < -0.3 is 92.1 Å². The van der Waals surface area contributed by atoms with Gasteiger partial charge in [0, 0.05) is 51.9 Å². The topological polar surface area (TPSA) is 510 Å². The number of hydrogen-bond donors (Lipinski definition) is 14. The van der Waals surface area contributed by atoms with Crippen LogP contribution in [0, 0.1) is 5.92 Å². The number of benzene rings is 2. The van der Waals surface area contributed by atoms with Gasteiger partial charge in [-0.2, -0.15) is 11.8 Å². The number of nitrogens with zero attached hydrogens (tertiary/aromatic N) is 4. The second kappa shape index (κ2) is 39.2. The summed E-state index contributed by atoms with van der Waals surface area (Å²) in [6, 6.07) is 3.34. The summed E-state index contributed by atoms with van der Waals surface area (Å²) in [5.41, 5.74) is 41.6. The molecule has 0 radical (unpaired) electrons. The molecular formula is C64H98N18O13S. The van der Waals surface area contributed by atoms with Crippen molar-refractivity contribution in [2.75, 3.05) is 44.7 Å². The van der Waals surface area contributed by atoms with E-state index in [0.717, 1.165) is 5.56 Å². The summed E-state index contributed by atoms with van der Waals surface area (Å²) in [5.74, 6) is -9.47. The van der Waals surface area contributed by atoms with E-state index in [9.17, 15) is 57.5 Å². The first-order valence-corrected chi connectivity index (χ1v) is 34.1. The monoisotopic (exact) mass is 1360 g/mol. The predicted molar refractivity (Wildman–Crippen MR) is 358 cm³/mol. The highest BCUT2D eigenvalue weighted by molar-refractivity contribution is 7.98. The molecule has 3 aliphatic rings. The van der Waals surface area contributed by atoms with Crippen molar-refractivity contribution in [1.82, 2.24) is 51.9 Å². The van der Waals surface area contributed by atoms with Gasteiger partial charge in [0.2, 0.25) is 76.8 Å². The molecule has 0 aromatic heterocycles. The fourth-order valence-electron chi connectivity index (χ4n) is 11.9. The predicted octanol–water partition coefficient (Wildman–Crippen LogP) is -3.49. The number of likely N-dealkylation sites (tertiary alicyclic amines) is 2. The maximum absolute atomic E-state index is 15.3. The molecule has 2 aromatic rings. The molecule has 3 aliphatic heterocycles. The molecule has 21 N–H and O–H groups in total. The van der Waals surface area contributed by atoms with Crippen LogP contribution in [0.15, 0.2) is 59.6 Å². The Balaban J connectivity index is 1.36. The first-order valence-electron chi connectivity index (χ1n) is 32.7. The minimum absolute atomic E-state index is 0.0250. The number of aliphatic imine (C=N–C) groups is 1. The lowest BCUT2D eigenvalue weighted by molar-refractivity contribution is -0.145. The standard InChI is InChI=1S/C64H98N18O13S/c1-37(2)32-46(57(89)75-42(54(69)86)26-31-96-3)74-53(85)35-73-58(90)50-34-39-16-7-8-17-40(39)36-82(50)63(95)47(33-38-14-5-4-6-15-38)79-56(88)43(22-24-51(67)83)76-55(87)44(23-25-52(68)84)77-59(91)49-21-13-30-81(49)62(94)45(19-9-10-27-65)78-60(92)48-20-12-29-80(48)61(93)41(66)18-11-28-72-64(70)71/h4-8,14-17,37,41-50H,9-13,18-36,65-66H2,1-3H3,(H2,67,83)(H2,68,84)(H2,69,86)(H,73,90)(H,74,85)(H,75,89)(H,76,87)(H,77,91)(H,78,92)(H,79,88)(H4,70,71,72)/t41-,42-,43-,44-,45-,46-,47-,48-,49-,50?/m0/s1. The van der Waals surface area contributed by atoms with Gasteiger partial charge in [-0.1, -0.05) is 68.4 Å². The molecule has 2 aromatic carbocycles. The van der Waals surface area contributed by atoms with Crippen LogP contribution in [0.1, 0.15) is 127 Å². The number of carbonyl (C=O) groups excluding carboxylic acids is 13. The zero-order valence-corrected chi connectivity index (χ0v) is 55.9. The smallest absolute Gasteiger partial charge is 0.246 e. The highest BCUT2D eigenvalue weighted by atomic mass is 32.2. The Hall–Kier alpha value is -8.91.